The van der Waals surface area contributed by atoms with Gasteiger partial charge >= 0.3 is 0 Å². The number of carbonyl (C=O) groups is 1. The highest BCUT2D eigenvalue weighted by Gasteiger charge is 2.38. The van der Waals surface area contributed by atoms with Gasteiger partial charge in [-0.15, -0.1) is 0 Å². The minimum atomic E-state index is -0.180. The van der Waals surface area contributed by atoms with Gasteiger partial charge in [-0.05, 0) is 61.6 Å². The number of nitrogens with one attached hydrogen (secondary N) is 2. The van der Waals surface area contributed by atoms with Gasteiger partial charge in [0.1, 0.15) is 5.75 Å². The van der Waals surface area contributed by atoms with Crippen LogP contribution in [0.15, 0.2) is 60.8 Å². The molecule has 0 unspecified atom stereocenters. The fourth-order valence-electron chi connectivity index (χ4n) is 4.46. The quantitative estimate of drug-likeness (QED) is 0.654. The summed E-state index contributed by atoms with van der Waals surface area (Å²) in [6, 6.07) is 17.8. The molecule has 0 spiro atoms. The molecule has 0 saturated carbocycles. The van der Waals surface area contributed by atoms with E-state index in [2.05, 4.69) is 34.7 Å². The Morgan fingerprint density at radius 1 is 1.20 bits per heavy atom. The summed E-state index contributed by atoms with van der Waals surface area (Å²) in [5, 5.41) is 7.92. The van der Waals surface area contributed by atoms with E-state index >= 15 is 0 Å². The van der Waals surface area contributed by atoms with Gasteiger partial charge in [0.15, 0.2) is 0 Å². The van der Waals surface area contributed by atoms with Gasteiger partial charge in [-0.2, -0.15) is 0 Å². The van der Waals surface area contributed by atoms with Gasteiger partial charge in [0.05, 0.1) is 18.2 Å². The van der Waals surface area contributed by atoms with E-state index in [0.29, 0.717) is 18.0 Å². The van der Waals surface area contributed by atoms with Crippen LogP contribution in [0.2, 0.25) is 0 Å². The third-order valence-electron chi connectivity index (χ3n) is 6.35. The van der Waals surface area contributed by atoms with Crippen molar-refractivity contribution in [2.24, 2.45) is 5.92 Å². The van der Waals surface area contributed by atoms with Crippen molar-refractivity contribution < 1.29 is 9.53 Å². The lowest BCUT2D eigenvalue weighted by atomic mass is 9.75. The zero-order chi connectivity index (χ0) is 21.0. The van der Waals surface area contributed by atoms with Crippen molar-refractivity contribution in [2.75, 3.05) is 20.2 Å². The van der Waals surface area contributed by atoms with Crippen LogP contribution < -0.4 is 15.4 Å². The number of hydrogen-bond donors (Lipinski definition) is 2. The Hall–Kier alpha value is -2.92. The molecule has 2 heterocycles. The average Bonchev–Trinajstić information content (AvgIpc) is 2.79. The molecule has 1 aliphatic rings. The first-order chi connectivity index (χ1) is 14.6. The first-order valence-corrected chi connectivity index (χ1v) is 10.6. The summed E-state index contributed by atoms with van der Waals surface area (Å²) in [6.45, 7) is 3.82. The molecular weight excluding hydrogens is 374 g/mol. The molecule has 1 fully saturated rings. The first kappa shape index (κ1) is 20.4. The van der Waals surface area contributed by atoms with E-state index in [1.165, 1.54) is 5.56 Å². The van der Waals surface area contributed by atoms with Crippen LogP contribution in [0.3, 0.4) is 0 Å². The molecule has 2 N–H and O–H groups in total. The molecule has 0 bridgehead atoms. The van der Waals surface area contributed by atoms with E-state index in [4.69, 9.17) is 4.74 Å². The molecule has 5 heteroatoms. The molecule has 0 aliphatic carbocycles. The lowest BCUT2D eigenvalue weighted by molar-refractivity contribution is 0.0910. The topological polar surface area (TPSA) is 63.2 Å². The lowest BCUT2D eigenvalue weighted by Crippen LogP contribution is -2.61. The maximum absolute atomic E-state index is 13.1. The number of hydrogen-bond acceptors (Lipinski definition) is 4. The van der Waals surface area contributed by atoms with E-state index in [0.717, 1.165) is 42.5 Å². The molecule has 1 amide bonds. The number of nitrogens with zero attached hydrogens (tertiary/aromatic N) is 1. The second-order valence-electron chi connectivity index (χ2n) is 8.21. The molecule has 3 aromatic rings. The summed E-state index contributed by atoms with van der Waals surface area (Å²) in [4.78, 5) is 17.5. The Morgan fingerprint density at radius 2 is 2.00 bits per heavy atom. The summed E-state index contributed by atoms with van der Waals surface area (Å²) < 4.78 is 5.29. The molecule has 2 aromatic carbocycles. The smallest absolute Gasteiger partial charge is 0.253 e. The third kappa shape index (κ3) is 4.17. The van der Waals surface area contributed by atoms with E-state index < -0.39 is 0 Å². The van der Waals surface area contributed by atoms with Crippen LogP contribution in [0.1, 0.15) is 35.7 Å². The van der Waals surface area contributed by atoms with Gasteiger partial charge in [0, 0.05) is 23.7 Å². The Morgan fingerprint density at radius 3 is 2.77 bits per heavy atom. The van der Waals surface area contributed by atoms with Gasteiger partial charge in [-0.3, -0.25) is 9.78 Å². The second-order valence-corrected chi connectivity index (χ2v) is 8.21. The SMILES string of the molecule is COc1ccc(C[C@]2(CNC(=O)c3cccc4cccnc34)NCCC[C@H]2C)cc1. The highest BCUT2D eigenvalue weighted by molar-refractivity contribution is 6.05. The summed E-state index contributed by atoms with van der Waals surface area (Å²) in [5.41, 5.74) is 2.42. The van der Waals surface area contributed by atoms with E-state index in [-0.39, 0.29) is 11.4 Å². The third-order valence-corrected chi connectivity index (χ3v) is 6.35. The average molecular weight is 404 g/mol. The van der Waals surface area contributed by atoms with Crippen LogP contribution in [0.4, 0.5) is 0 Å². The number of aromatic nitrogens is 1. The summed E-state index contributed by atoms with van der Waals surface area (Å²) in [5.74, 6) is 1.22. The summed E-state index contributed by atoms with van der Waals surface area (Å²) in [6.07, 6.45) is 4.89. The van der Waals surface area contributed by atoms with Gasteiger partial charge in [-0.25, -0.2) is 0 Å². The van der Waals surface area contributed by atoms with Gasteiger partial charge < -0.3 is 15.4 Å². The minimum Gasteiger partial charge on any atom is -0.497 e. The zero-order valence-corrected chi connectivity index (χ0v) is 17.7. The molecule has 1 aliphatic heterocycles. The number of para-hydroxylation sites is 1. The van der Waals surface area contributed by atoms with Crippen LogP contribution in [-0.2, 0) is 6.42 Å². The summed E-state index contributed by atoms with van der Waals surface area (Å²) >= 11 is 0. The number of amides is 1. The molecule has 156 valence electrons. The van der Waals surface area contributed by atoms with E-state index in [1.807, 2.05) is 42.5 Å². The van der Waals surface area contributed by atoms with Crippen LogP contribution in [0.25, 0.3) is 10.9 Å². The number of pyridine rings is 1. The second kappa shape index (κ2) is 8.84. The van der Waals surface area contributed by atoms with Crippen LogP contribution >= 0.6 is 0 Å². The molecule has 0 radical (unpaired) electrons. The maximum atomic E-state index is 13.1. The van der Waals surface area contributed by atoms with Crippen LogP contribution in [-0.4, -0.2) is 36.6 Å². The van der Waals surface area contributed by atoms with E-state index in [1.54, 1.807) is 13.3 Å². The number of rotatable bonds is 6. The molecule has 1 saturated heterocycles. The Kier molecular flexibility index (Phi) is 6.00. The summed E-state index contributed by atoms with van der Waals surface area (Å²) in [7, 11) is 1.68. The Labute approximate surface area is 177 Å². The van der Waals surface area contributed by atoms with E-state index in [9.17, 15) is 4.79 Å². The number of benzene rings is 2. The standard InChI is InChI=1S/C25H29N3O2/c1-18-6-4-15-28-25(18,16-19-10-12-21(30-2)13-11-19)17-27-24(29)22-9-3-7-20-8-5-14-26-23(20)22/h3,5,7-14,18,28H,4,6,15-17H2,1-2H3,(H,27,29)/t18-,25-/m1/s1. The monoisotopic (exact) mass is 403 g/mol. The number of fused-ring (bicyclic) bond motifs is 1. The number of piperidine rings is 1. The van der Waals surface area contributed by atoms with Crippen molar-refractivity contribution in [2.45, 2.75) is 31.7 Å². The van der Waals surface area contributed by atoms with Gasteiger partial charge in [0.2, 0.25) is 0 Å². The minimum absolute atomic E-state index is 0.0759. The fraction of sp³-hybridized carbons (Fsp3) is 0.360. The van der Waals surface area contributed by atoms with Crippen molar-refractivity contribution in [3.05, 3.63) is 71.9 Å². The number of methoxy groups -OCH3 is 1. The molecule has 2 atom stereocenters. The first-order valence-electron chi connectivity index (χ1n) is 10.6. The lowest BCUT2D eigenvalue weighted by Gasteiger charge is -2.44. The zero-order valence-electron chi connectivity index (χ0n) is 17.7. The van der Waals surface area contributed by atoms with Crippen molar-refractivity contribution in [1.82, 2.24) is 15.6 Å². The Bertz CT molecular complexity index is 1010. The van der Waals surface area contributed by atoms with Gasteiger partial charge in [0.25, 0.3) is 5.91 Å². The van der Waals surface area contributed by atoms with Crippen molar-refractivity contribution in [3.63, 3.8) is 0 Å². The molecule has 5 nitrogen and oxygen atoms in total. The van der Waals surface area contributed by atoms with Crippen LogP contribution in [0.5, 0.6) is 5.75 Å². The Balaban J connectivity index is 1.55. The van der Waals surface area contributed by atoms with Gasteiger partial charge in [-0.1, -0.05) is 37.3 Å². The normalized spacial score (nSPS) is 21.3. The van der Waals surface area contributed by atoms with Crippen molar-refractivity contribution >= 4 is 16.8 Å². The maximum Gasteiger partial charge on any atom is 0.253 e. The predicted octanol–water partition coefficient (Wildman–Crippen LogP) is 3.97. The number of carbonyl (C=O) groups excluding carboxylic acids is 1. The largest absolute Gasteiger partial charge is 0.497 e. The highest BCUT2D eigenvalue weighted by atomic mass is 16.5. The molecule has 30 heavy (non-hydrogen) atoms. The molecule has 4 rings (SSSR count). The fourth-order valence-corrected chi connectivity index (χ4v) is 4.46. The predicted molar refractivity (Wildman–Crippen MR) is 120 cm³/mol. The van der Waals surface area contributed by atoms with Crippen LogP contribution in [0, 0.1) is 5.92 Å². The molecule has 1 aromatic heterocycles. The van der Waals surface area contributed by atoms with Crippen molar-refractivity contribution in [3.8, 4) is 5.75 Å². The number of ether oxygens (including phenoxy) is 1. The highest BCUT2D eigenvalue weighted by Crippen LogP contribution is 2.30. The molecular formula is C25H29N3O2. The van der Waals surface area contributed by atoms with Crippen molar-refractivity contribution in [1.29, 1.82) is 0 Å².